The highest BCUT2D eigenvalue weighted by Gasteiger charge is 2.32. The number of nitrogens with one attached hydrogen (secondary N) is 1. The van der Waals surface area contributed by atoms with E-state index < -0.39 is 35.0 Å². The first-order valence-electron chi connectivity index (χ1n) is 6.07. The number of carbonyl (C=O) groups excluding carboxylic acids is 1. The second kappa shape index (κ2) is 5.98. The number of carbonyl (C=O) groups is 2. The van der Waals surface area contributed by atoms with Gasteiger partial charge in [-0.25, -0.2) is 13.6 Å². The van der Waals surface area contributed by atoms with Crippen molar-refractivity contribution in [3.63, 3.8) is 0 Å². The van der Waals surface area contributed by atoms with Crippen LogP contribution in [-0.4, -0.2) is 23.0 Å². The van der Waals surface area contributed by atoms with Crippen molar-refractivity contribution in [2.24, 2.45) is 5.41 Å². The van der Waals surface area contributed by atoms with Crippen LogP contribution >= 0.6 is 0 Å². The molecule has 0 unspecified atom stereocenters. The fourth-order valence-corrected chi connectivity index (χ4v) is 1.70. The first kappa shape index (κ1) is 16.1. The van der Waals surface area contributed by atoms with E-state index in [-0.39, 0.29) is 12.0 Å². The number of hydrogen-bond donors (Lipinski definition) is 2. The van der Waals surface area contributed by atoms with Crippen LogP contribution < -0.4 is 5.32 Å². The number of halogens is 2. The summed E-state index contributed by atoms with van der Waals surface area (Å²) < 4.78 is 26.1. The molecule has 2 N–H and O–H groups in total. The van der Waals surface area contributed by atoms with Gasteiger partial charge in [0.15, 0.2) is 0 Å². The number of hydrogen-bond acceptors (Lipinski definition) is 2. The van der Waals surface area contributed by atoms with Gasteiger partial charge in [-0.2, -0.15) is 0 Å². The number of amides is 1. The van der Waals surface area contributed by atoms with E-state index >= 15 is 0 Å². The summed E-state index contributed by atoms with van der Waals surface area (Å²) in [6.07, 6.45) is -0.341. The van der Waals surface area contributed by atoms with Gasteiger partial charge < -0.3 is 10.4 Å². The van der Waals surface area contributed by atoms with Crippen LogP contribution in [0.2, 0.25) is 0 Å². The minimum atomic E-state index is -1.16. The topological polar surface area (TPSA) is 66.4 Å². The van der Waals surface area contributed by atoms with Gasteiger partial charge in [-0.3, -0.25) is 4.79 Å². The molecule has 0 aliphatic rings. The van der Waals surface area contributed by atoms with Crippen LogP contribution in [0.4, 0.5) is 8.78 Å². The Morgan fingerprint density at radius 2 is 1.90 bits per heavy atom. The third-order valence-corrected chi connectivity index (χ3v) is 2.78. The highest BCUT2D eigenvalue weighted by atomic mass is 19.1. The van der Waals surface area contributed by atoms with Crippen molar-refractivity contribution in [2.45, 2.75) is 33.2 Å². The lowest BCUT2D eigenvalue weighted by Crippen LogP contribution is -2.49. The molecule has 1 aromatic rings. The highest BCUT2D eigenvalue weighted by Crippen LogP contribution is 2.19. The molecule has 20 heavy (non-hydrogen) atoms. The minimum absolute atomic E-state index is 0.0157. The van der Waals surface area contributed by atoms with E-state index in [1.807, 2.05) is 0 Å². The van der Waals surface area contributed by atoms with Crippen LogP contribution in [0.5, 0.6) is 0 Å². The smallest absolute Gasteiger partial charge is 0.326 e. The summed E-state index contributed by atoms with van der Waals surface area (Å²) in [4.78, 5) is 22.9. The zero-order valence-electron chi connectivity index (χ0n) is 11.5. The predicted octanol–water partition coefficient (Wildman–Crippen LogP) is 2.12. The third-order valence-electron chi connectivity index (χ3n) is 2.78. The SMILES string of the molecule is CC(C)(C)[C@H](NC(=O)Cc1ccc(F)cc1F)C(=O)O. The fraction of sp³-hybridized carbons (Fsp3) is 0.429. The van der Waals surface area contributed by atoms with Gasteiger partial charge in [-0.1, -0.05) is 26.8 Å². The molecule has 4 nitrogen and oxygen atoms in total. The summed E-state index contributed by atoms with van der Waals surface area (Å²) in [6.45, 7) is 5.01. The summed E-state index contributed by atoms with van der Waals surface area (Å²) >= 11 is 0. The summed E-state index contributed by atoms with van der Waals surface area (Å²) in [5, 5.41) is 11.4. The predicted molar refractivity (Wildman–Crippen MR) is 69.1 cm³/mol. The molecule has 1 rings (SSSR count). The lowest BCUT2D eigenvalue weighted by atomic mass is 9.86. The first-order valence-corrected chi connectivity index (χ1v) is 6.07. The van der Waals surface area contributed by atoms with E-state index in [4.69, 9.17) is 5.11 Å². The van der Waals surface area contributed by atoms with Crippen molar-refractivity contribution in [1.29, 1.82) is 0 Å². The number of carboxylic acids is 1. The molecular weight excluding hydrogens is 268 g/mol. The molecule has 1 amide bonds. The molecule has 0 saturated heterocycles. The van der Waals surface area contributed by atoms with Gasteiger partial charge >= 0.3 is 5.97 Å². The van der Waals surface area contributed by atoms with Gasteiger partial charge in [0.2, 0.25) is 5.91 Å². The molecule has 6 heteroatoms. The van der Waals surface area contributed by atoms with Gasteiger partial charge in [-0.05, 0) is 17.0 Å². The molecular formula is C14H17F2NO3. The molecule has 0 heterocycles. The number of benzene rings is 1. The second-order valence-electron chi connectivity index (χ2n) is 5.62. The Bertz CT molecular complexity index is 524. The van der Waals surface area contributed by atoms with E-state index in [0.717, 1.165) is 12.1 Å². The van der Waals surface area contributed by atoms with E-state index in [9.17, 15) is 18.4 Å². The number of aliphatic carboxylic acids is 1. The maximum absolute atomic E-state index is 13.4. The van der Waals surface area contributed by atoms with E-state index in [1.54, 1.807) is 20.8 Å². The maximum atomic E-state index is 13.4. The maximum Gasteiger partial charge on any atom is 0.326 e. The molecule has 0 bridgehead atoms. The molecule has 0 spiro atoms. The quantitative estimate of drug-likeness (QED) is 0.890. The molecule has 0 aliphatic heterocycles. The van der Waals surface area contributed by atoms with Gasteiger partial charge in [-0.15, -0.1) is 0 Å². The molecule has 0 fully saturated rings. The normalized spacial score (nSPS) is 12.8. The summed E-state index contributed by atoms with van der Waals surface area (Å²) in [5.74, 6) is -3.35. The Kier molecular flexibility index (Phi) is 4.81. The average molecular weight is 285 g/mol. The highest BCUT2D eigenvalue weighted by molar-refractivity contribution is 5.85. The molecule has 0 aromatic heterocycles. The first-order chi connectivity index (χ1) is 9.11. The van der Waals surface area contributed by atoms with Crippen LogP contribution in [0.25, 0.3) is 0 Å². The van der Waals surface area contributed by atoms with E-state index in [1.165, 1.54) is 0 Å². The van der Waals surface area contributed by atoms with Crippen LogP contribution in [0, 0.1) is 17.0 Å². The number of carboxylic acid groups (broad SMARTS) is 1. The van der Waals surface area contributed by atoms with Crippen molar-refractivity contribution in [1.82, 2.24) is 5.32 Å². The van der Waals surface area contributed by atoms with Crippen molar-refractivity contribution < 1.29 is 23.5 Å². The zero-order valence-corrected chi connectivity index (χ0v) is 11.5. The van der Waals surface area contributed by atoms with Crippen LogP contribution in [0.3, 0.4) is 0 Å². The summed E-state index contributed by atoms with van der Waals surface area (Å²) in [7, 11) is 0. The van der Waals surface area contributed by atoms with Crippen molar-refractivity contribution in [2.75, 3.05) is 0 Å². The second-order valence-corrected chi connectivity index (χ2v) is 5.62. The Morgan fingerprint density at radius 3 is 2.35 bits per heavy atom. The van der Waals surface area contributed by atoms with Gasteiger partial charge in [0, 0.05) is 6.07 Å². The monoisotopic (exact) mass is 285 g/mol. The van der Waals surface area contributed by atoms with Gasteiger partial charge in [0.1, 0.15) is 17.7 Å². The lowest BCUT2D eigenvalue weighted by molar-refractivity contribution is -0.144. The van der Waals surface area contributed by atoms with E-state index in [0.29, 0.717) is 6.07 Å². The van der Waals surface area contributed by atoms with Crippen molar-refractivity contribution >= 4 is 11.9 Å². The van der Waals surface area contributed by atoms with Crippen molar-refractivity contribution in [3.8, 4) is 0 Å². The third kappa shape index (κ3) is 4.29. The fourth-order valence-electron chi connectivity index (χ4n) is 1.70. The minimum Gasteiger partial charge on any atom is -0.480 e. The summed E-state index contributed by atoms with van der Waals surface area (Å²) in [5.41, 5.74) is -0.662. The molecule has 1 atom stereocenters. The van der Waals surface area contributed by atoms with Gasteiger partial charge in [0.05, 0.1) is 6.42 Å². The Hall–Kier alpha value is -1.98. The Balaban J connectivity index is 2.79. The molecule has 0 aliphatic carbocycles. The van der Waals surface area contributed by atoms with Gasteiger partial charge in [0.25, 0.3) is 0 Å². The Labute approximate surface area is 115 Å². The standard InChI is InChI=1S/C14H17F2NO3/c1-14(2,3)12(13(19)20)17-11(18)6-8-4-5-9(15)7-10(8)16/h4-5,7,12H,6H2,1-3H3,(H,17,18)(H,19,20)/t12-/m1/s1. The summed E-state index contributed by atoms with van der Waals surface area (Å²) in [6, 6.07) is 1.81. The average Bonchev–Trinajstić information content (AvgIpc) is 2.28. The zero-order chi connectivity index (χ0) is 15.5. The van der Waals surface area contributed by atoms with Crippen LogP contribution in [0.15, 0.2) is 18.2 Å². The number of rotatable bonds is 4. The van der Waals surface area contributed by atoms with Crippen molar-refractivity contribution in [3.05, 3.63) is 35.4 Å². The molecule has 110 valence electrons. The lowest BCUT2D eigenvalue weighted by Gasteiger charge is -2.27. The molecule has 1 aromatic carbocycles. The van der Waals surface area contributed by atoms with E-state index in [2.05, 4.69) is 5.32 Å². The van der Waals surface area contributed by atoms with Crippen LogP contribution in [0.1, 0.15) is 26.3 Å². The largest absolute Gasteiger partial charge is 0.480 e. The molecule has 0 radical (unpaired) electrons. The molecule has 0 saturated carbocycles. The van der Waals surface area contributed by atoms with Crippen LogP contribution in [-0.2, 0) is 16.0 Å². The Morgan fingerprint density at radius 1 is 1.30 bits per heavy atom.